The first kappa shape index (κ1) is 36.1. The number of carbonyl (C=O) groups excluding carboxylic acids is 5. The first-order valence-electron chi connectivity index (χ1n) is 13.4. The van der Waals surface area contributed by atoms with Crippen molar-refractivity contribution in [1.29, 1.82) is 0 Å². The monoisotopic (exact) mass is 688 g/mol. The van der Waals surface area contributed by atoms with Crippen LogP contribution in [0.25, 0.3) is 0 Å². The molecule has 0 bridgehead atoms. The summed E-state index contributed by atoms with van der Waals surface area (Å²) < 4.78 is 32.4. The minimum atomic E-state index is -1.75. The Morgan fingerprint density at radius 3 is 2.31 bits per heavy atom. The van der Waals surface area contributed by atoms with Gasteiger partial charge in [-0.3, -0.25) is 19.8 Å². The molecule has 1 saturated heterocycles. The summed E-state index contributed by atoms with van der Waals surface area (Å²) in [6.45, 7) is 12.7. The molecule has 3 heterocycles. The van der Waals surface area contributed by atoms with Gasteiger partial charge in [0.25, 0.3) is 11.8 Å². The summed E-state index contributed by atoms with van der Waals surface area (Å²) in [6, 6.07) is -1.35. The summed E-state index contributed by atoms with van der Waals surface area (Å²) in [6.07, 6.45) is -0.832. The molecule has 0 spiro atoms. The average Bonchev–Trinajstić information content (AvgIpc) is 3.36. The number of carbonyl (C=O) groups is 5. The smallest absolute Gasteiger partial charge is 0.414 e. The molecule has 2 aliphatic rings. The maximum Gasteiger partial charge on any atom is 0.414 e. The number of amides is 3. The highest BCUT2D eigenvalue weighted by atomic mass is 35.5. The number of oxime groups is 1. The molecule has 45 heavy (non-hydrogen) atoms. The molecule has 3 atom stereocenters. The van der Waals surface area contributed by atoms with Crippen molar-refractivity contribution < 1.29 is 47.5 Å². The lowest BCUT2D eigenvalue weighted by Crippen LogP contribution is -2.75. The van der Waals surface area contributed by atoms with E-state index in [1.165, 1.54) is 13.8 Å². The van der Waals surface area contributed by atoms with Crippen molar-refractivity contribution in [2.45, 2.75) is 83.6 Å². The van der Waals surface area contributed by atoms with Crippen LogP contribution in [-0.4, -0.2) is 102 Å². The minimum absolute atomic E-state index is 0.0631. The third kappa shape index (κ3) is 8.65. The topological polar surface area (TPSA) is 211 Å². The van der Waals surface area contributed by atoms with E-state index in [4.69, 9.17) is 30.6 Å². The SMILES string of the molecule is BOC(=O)C1=C(CCl)C[S+]([O-])[C@@H]2[C@H](NC(=O)/C(=N\OC(C)(C)C(=O)OC(C)(C)C)c3nsc(NC(=O)OC(C)(C)C)n3)C(=O)N12. The van der Waals surface area contributed by atoms with Gasteiger partial charge in [-0.05, 0) is 66.6 Å². The Balaban J connectivity index is 1.92. The predicted octanol–water partition coefficient (Wildman–Crippen LogP) is 0.726. The van der Waals surface area contributed by atoms with Crippen molar-refractivity contribution in [2.75, 3.05) is 16.9 Å². The number of hydrogen-bond acceptors (Lipinski definition) is 14. The Bertz CT molecular complexity index is 1440. The van der Waals surface area contributed by atoms with E-state index >= 15 is 0 Å². The van der Waals surface area contributed by atoms with E-state index in [1.54, 1.807) is 41.5 Å². The second-order valence-corrected chi connectivity index (χ2v) is 14.8. The van der Waals surface area contributed by atoms with Crippen LogP contribution in [0.3, 0.4) is 0 Å². The number of anilines is 1. The lowest BCUT2D eigenvalue weighted by atomic mass is 10.0. The number of fused-ring (bicyclic) bond motifs is 1. The quantitative estimate of drug-likeness (QED) is 0.0699. The normalized spacial score (nSPS) is 20.5. The van der Waals surface area contributed by atoms with Crippen molar-refractivity contribution in [3.63, 3.8) is 0 Å². The minimum Gasteiger partial charge on any atom is -0.614 e. The number of β-lactam (4-membered cyclic amide) rings is 1. The first-order chi connectivity index (χ1) is 20.7. The van der Waals surface area contributed by atoms with Crippen molar-refractivity contribution in [1.82, 2.24) is 19.6 Å². The third-order valence-corrected chi connectivity index (χ3v) is 8.36. The van der Waals surface area contributed by atoms with Crippen molar-refractivity contribution in [3.05, 3.63) is 17.1 Å². The van der Waals surface area contributed by atoms with Gasteiger partial charge in [-0.15, -0.1) is 11.6 Å². The summed E-state index contributed by atoms with van der Waals surface area (Å²) in [7, 11) is 1.12. The second-order valence-electron chi connectivity index (χ2n) is 12.2. The molecule has 3 amide bonds. The molecule has 3 rings (SSSR count). The molecule has 1 aromatic heterocycles. The molecule has 1 unspecified atom stereocenters. The van der Waals surface area contributed by atoms with Gasteiger partial charge in [0.2, 0.25) is 27.6 Å². The van der Waals surface area contributed by atoms with Crippen LogP contribution < -0.4 is 10.6 Å². The van der Waals surface area contributed by atoms with Crippen LogP contribution >= 0.6 is 23.1 Å². The van der Waals surface area contributed by atoms with Crippen molar-refractivity contribution >= 4 is 83.0 Å². The molecule has 0 radical (unpaired) electrons. The number of hydrogen-bond donors (Lipinski definition) is 2. The van der Waals surface area contributed by atoms with Crippen LogP contribution in [0.2, 0.25) is 0 Å². The number of rotatable bonds is 9. The Kier molecular flexibility index (Phi) is 10.8. The molecule has 16 nitrogen and oxygen atoms in total. The molecule has 20 heteroatoms. The van der Waals surface area contributed by atoms with E-state index < -0.39 is 75.0 Å². The molecule has 1 aromatic rings. The van der Waals surface area contributed by atoms with Crippen LogP contribution in [0, 0.1) is 0 Å². The fourth-order valence-electron chi connectivity index (χ4n) is 3.79. The van der Waals surface area contributed by atoms with Gasteiger partial charge in [0.15, 0.2) is 6.04 Å². The van der Waals surface area contributed by atoms with E-state index in [0.29, 0.717) is 11.5 Å². The van der Waals surface area contributed by atoms with Crippen LogP contribution in [0.5, 0.6) is 0 Å². The lowest BCUT2D eigenvalue weighted by Gasteiger charge is -2.49. The number of esters is 1. The number of ether oxygens (including phenoxy) is 2. The summed E-state index contributed by atoms with van der Waals surface area (Å²) in [5.41, 5.74) is -3.82. The Morgan fingerprint density at radius 2 is 1.76 bits per heavy atom. The fourth-order valence-corrected chi connectivity index (χ4v) is 6.37. The van der Waals surface area contributed by atoms with Gasteiger partial charge in [0, 0.05) is 17.1 Å². The summed E-state index contributed by atoms with van der Waals surface area (Å²) in [4.78, 5) is 74.7. The molecular formula is C25H34BClN6O10S2. The van der Waals surface area contributed by atoms with Crippen LogP contribution in [0.15, 0.2) is 16.4 Å². The molecule has 2 N–H and O–H groups in total. The summed E-state index contributed by atoms with van der Waals surface area (Å²) in [5.74, 6) is -4.07. The van der Waals surface area contributed by atoms with Gasteiger partial charge >= 0.3 is 26.1 Å². The second kappa shape index (κ2) is 13.5. The zero-order chi connectivity index (χ0) is 34.1. The molecule has 246 valence electrons. The lowest BCUT2D eigenvalue weighted by molar-refractivity contribution is -0.179. The average molecular weight is 689 g/mol. The number of nitrogens with one attached hydrogen (secondary N) is 2. The third-order valence-electron chi connectivity index (χ3n) is 5.75. The van der Waals surface area contributed by atoms with Gasteiger partial charge in [-0.2, -0.15) is 9.36 Å². The van der Waals surface area contributed by atoms with E-state index in [-0.39, 0.29) is 33.9 Å². The van der Waals surface area contributed by atoms with E-state index in [2.05, 4.69) is 25.1 Å². The van der Waals surface area contributed by atoms with Gasteiger partial charge in [-0.25, -0.2) is 14.4 Å². The fraction of sp³-hybridized carbons (Fsp3) is 0.600. The Hall–Kier alpha value is -3.42. The zero-order valence-electron chi connectivity index (χ0n) is 26.1. The Morgan fingerprint density at radius 1 is 1.13 bits per heavy atom. The van der Waals surface area contributed by atoms with Gasteiger partial charge in [0.05, 0.1) is 5.88 Å². The summed E-state index contributed by atoms with van der Waals surface area (Å²) >= 11 is 4.87. The zero-order valence-corrected chi connectivity index (χ0v) is 28.5. The van der Waals surface area contributed by atoms with Crippen LogP contribution in [0.4, 0.5) is 9.93 Å². The Labute approximate surface area is 272 Å². The van der Waals surface area contributed by atoms with Gasteiger partial charge in [0.1, 0.15) is 22.7 Å². The number of alkyl halides is 1. The van der Waals surface area contributed by atoms with Crippen molar-refractivity contribution in [2.24, 2.45) is 5.16 Å². The molecule has 0 aliphatic carbocycles. The van der Waals surface area contributed by atoms with E-state index in [1.807, 2.05) is 0 Å². The number of aromatic nitrogens is 2. The standard InChI is InChI=1S/C25H34BClN6O10S2/c1-23(2,3)40-20(37)25(7,8)43-31-12(15-29-21(44-32-15)30-22(38)41-24(4,5)6)16(34)28-13-17(35)33-14(19(36)42-26)11(9-27)10-45(39)18(13)33/h13,18H,9-10,26H2,1-8H3,(H,28,34)(H,29,30,32,38)/b31-12-/t13-,18-,45?/m1/s1. The van der Waals surface area contributed by atoms with E-state index in [0.717, 1.165) is 12.9 Å². The highest BCUT2D eigenvalue weighted by molar-refractivity contribution is 7.92. The first-order valence-corrected chi connectivity index (χ1v) is 16.1. The number of nitrogens with zero attached hydrogens (tertiary/aromatic N) is 4. The maximum absolute atomic E-state index is 13.6. The molecular weight excluding hydrogens is 655 g/mol. The van der Waals surface area contributed by atoms with Gasteiger partial charge < -0.3 is 28.8 Å². The highest BCUT2D eigenvalue weighted by Gasteiger charge is 2.61. The number of halogens is 1. The maximum atomic E-state index is 13.6. The van der Waals surface area contributed by atoms with Crippen molar-refractivity contribution in [3.8, 4) is 0 Å². The molecule has 0 aromatic carbocycles. The van der Waals surface area contributed by atoms with Crippen LogP contribution in [0.1, 0.15) is 61.2 Å². The summed E-state index contributed by atoms with van der Waals surface area (Å²) in [5, 5.41) is 7.51. The van der Waals surface area contributed by atoms with Gasteiger partial charge in [-0.1, -0.05) is 5.16 Å². The molecule has 1 fully saturated rings. The predicted molar refractivity (Wildman–Crippen MR) is 165 cm³/mol. The molecule has 2 aliphatic heterocycles. The van der Waals surface area contributed by atoms with E-state index in [9.17, 15) is 28.5 Å². The molecule has 0 saturated carbocycles. The largest absolute Gasteiger partial charge is 0.614 e. The highest BCUT2D eigenvalue weighted by Crippen LogP contribution is 2.37. The van der Waals surface area contributed by atoms with Crippen LogP contribution in [-0.2, 0) is 49.3 Å².